The Hall–Kier alpha value is -3.19. The molecular weight excluding hydrogens is 366 g/mol. The molecule has 2 amide bonds. The highest BCUT2D eigenvalue weighted by atomic mass is 16.2. The average molecular weight is 389 g/mol. The zero-order valence-electron chi connectivity index (χ0n) is 16.2. The van der Waals surface area contributed by atoms with Gasteiger partial charge in [-0.2, -0.15) is 0 Å². The molecule has 0 bridgehead atoms. The number of benzene rings is 1. The van der Waals surface area contributed by atoms with E-state index in [-0.39, 0.29) is 11.8 Å². The molecule has 1 saturated heterocycles. The van der Waals surface area contributed by atoms with Gasteiger partial charge in [0.25, 0.3) is 5.91 Å². The van der Waals surface area contributed by atoms with Crippen LogP contribution in [-0.2, 0) is 11.2 Å². The zero-order valence-corrected chi connectivity index (χ0v) is 16.2. The SMILES string of the molecule is O=C(c1ccc2nccn2c1)N1CCN(CC(=O)N2CCc3ccccc32)CC1. The Balaban J connectivity index is 1.18. The lowest BCUT2D eigenvalue weighted by atomic mass is 10.2. The molecule has 1 fully saturated rings. The van der Waals surface area contributed by atoms with Crippen molar-refractivity contribution in [2.24, 2.45) is 0 Å². The summed E-state index contributed by atoms with van der Waals surface area (Å²) < 4.78 is 1.86. The number of para-hydroxylation sites is 1. The van der Waals surface area contributed by atoms with Crippen molar-refractivity contribution in [1.29, 1.82) is 0 Å². The Bertz CT molecular complexity index is 1070. The normalized spacial score (nSPS) is 17.0. The number of anilines is 1. The van der Waals surface area contributed by atoms with Gasteiger partial charge in [-0.15, -0.1) is 0 Å². The number of nitrogens with zero attached hydrogens (tertiary/aromatic N) is 5. The monoisotopic (exact) mass is 389 g/mol. The van der Waals surface area contributed by atoms with E-state index in [1.807, 2.05) is 56.9 Å². The number of hydrogen-bond acceptors (Lipinski definition) is 4. The molecule has 29 heavy (non-hydrogen) atoms. The molecule has 5 rings (SSSR count). The first kappa shape index (κ1) is 17.9. The maximum atomic E-state index is 12.8. The van der Waals surface area contributed by atoms with Crippen molar-refractivity contribution in [2.75, 3.05) is 44.2 Å². The number of rotatable bonds is 3. The second-order valence-electron chi connectivity index (χ2n) is 7.60. The van der Waals surface area contributed by atoms with E-state index in [1.165, 1.54) is 5.56 Å². The van der Waals surface area contributed by atoms with E-state index in [0.717, 1.165) is 24.3 Å². The van der Waals surface area contributed by atoms with Crippen LogP contribution in [-0.4, -0.2) is 70.3 Å². The van der Waals surface area contributed by atoms with Crippen LogP contribution < -0.4 is 4.90 Å². The lowest BCUT2D eigenvalue weighted by molar-refractivity contribution is -0.120. The van der Waals surface area contributed by atoms with Crippen molar-refractivity contribution < 1.29 is 9.59 Å². The Morgan fingerprint density at radius 2 is 1.79 bits per heavy atom. The predicted octanol–water partition coefficient (Wildman–Crippen LogP) is 1.68. The van der Waals surface area contributed by atoms with Gasteiger partial charge in [-0.1, -0.05) is 18.2 Å². The number of amides is 2. The Morgan fingerprint density at radius 3 is 2.66 bits per heavy atom. The quantitative estimate of drug-likeness (QED) is 0.684. The van der Waals surface area contributed by atoms with Gasteiger partial charge in [0.05, 0.1) is 12.1 Å². The minimum Gasteiger partial charge on any atom is -0.336 e. The van der Waals surface area contributed by atoms with Crippen LogP contribution in [0.5, 0.6) is 0 Å². The van der Waals surface area contributed by atoms with Gasteiger partial charge in [0, 0.05) is 57.0 Å². The average Bonchev–Trinajstić information content (AvgIpc) is 3.40. The van der Waals surface area contributed by atoms with E-state index in [9.17, 15) is 9.59 Å². The smallest absolute Gasteiger partial charge is 0.255 e. The highest BCUT2D eigenvalue weighted by Gasteiger charge is 2.28. The maximum Gasteiger partial charge on any atom is 0.255 e. The topological polar surface area (TPSA) is 61.2 Å². The number of carbonyl (C=O) groups is 2. The van der Waals surface area contributed by atoms with E-state index in [0.29, 0.717) is 38.3 Å². The predicted molar refractivity (Wildman–Crippen MR) is 110 cm³/mol. The third-order valence-electron chi connectivity index (χ3n) is 5.84. The van der Waals surface area contributed by atoms with E-state index >= 15 is 0 Å². The Morgan fingerprint density at radius 1 is 0.966 bits per heavy atom. The van der Waals surface area contributed by atoms with Crippen LogP contribution in [0, 0.1) is 0 Å². The van der Waals surface area contributed by atoms with Gasteiger partial charge in [0.15, 0.2) is 0 Å². The molecule has 0 unspecified atom stereocenters. The molecule has 2 aliphatic heterocycles. The summed E-state index contributed by atoms with van der Waals surface area (Å²) in [6.07, 6.45) is 6.31. The van der Waals surface area contributed by atoms with Gasteiger partial charge in [0.1, 0.15) is 5.65 Å². The van der Waals surface area contributed by atoms with E-state index < -0.39 is 0 Å². The minimum absolute atomic E-state index is 0.0278. The number of hydrogen-bond donors (Lipinski definition) is 0. The molecule has 0 atom stereocenters. The first-order valence-corrected chi connectivity index (χ1v) is 10.0. The van der Waals surface area contributed by atoms with Crippen LogP contribution in [0.4, 0.5) is 5.69 Å². The molecule has 0 N–H and O–H groups in total. The number of carbonyl (C=O) groups excluding carboxylic acids is 2. The number of fused-ring (bicyclic) bond motifs is 2. The van der Waals surface area contributed by atoms with E-state index in [1.54, 1.807) is 6.20 Å². The van der Waals surface area contributed by atoms with Crippen molar-refractivity contribution in [3.8, 4) is 0 Å². The lowest BCUT2D eigenvalue weighted by Gasteiger charge is -2.35. The molecule has 7 heteroatoms. The van der Waals surface area contributed by atoms with Crippen LogP contribution in [0.1, 0.15) is 15.9 Å². The molecule has 3 aromatic rings. The molecule has 4 heterocycles. The van der Waals surface area contributed by atoms with E-state index in [4.69, 9.17) is 0 Å². The Kier molecular flexibility index (Phi) is 4.52. The van der Waals surface area contributed by atoms with Crippen molar-refractivity contribution in [1.82, 2.24) is 19.2 Å². The first-order valence-electron chi connectivity index (χ1n) is 10.0. The van der Waals surface area contributed by atoms with Gasteiger partial charge < -0.3 is 14.2 Å². The van der Waals surface area contributed by atoms with Gasteiger partial charge in [0.2, 0.25) is 5.91 Å². The molecule has 2 aromatic heterocycles. The van der Waals surface area contributed by atoms with Crippen LogP contribution in [0.25, 0.3) is 5.65 Å². The van der Waals surface area contributed by atoms with Crippen molar-refractivity contribution >= 4 is 23.1 Å². The second kappa shape index (κ2) is 7.33. The van der Waals surface area contributed by atoms with Gasteiger partial charge in [-0.25, -0.2) is 4.98 Å². The molecule has 1 aromatic carbocycles. The largest absolute Gasteiger partial charge is 0.336 e. The molecule has 0 radical (unpaired) electrons. The number of imidazole rings is 1. The summed E-state index contributed by atoms with van der Waals surface area (Å²) in [5, 5.41) is 0. The number of aromatic nitrogens is 2. The third-order valence-corrected chi connectivity index (χ3v) is 5.84. The standard InChI is InChI=1S/C22H23N5O2/c28-21(27-9-7-17-3-1-2-4-19(17)27)16-24-11-13-25(14-12-24)22(29)18-5-6-20-23-8-10-26(20)15-18/h1-6,8,10,15H,7,9,11-14,16H2. The molecule has 0 spiro atoms. The minimum atomic E-state index is 0.0278. The molecule has 148 valence electrons. The summed E-state index contributed by atoms with van der Waals surface area (Å²) >= 11 is 0. The summed E-state index contributed by atoms with van der Waals surface area (Å²) in [6, 6.07) is 11.8. The van der Waals surface area contributed by atoms with Crippen LogP contribution in [0.2, 0.25) is 0 Å². The Labute approximate surface area is 169 Å². The summed E-state index contributed by atoms with van der Waals surface area (Å²) in [7, 11) is 0. The first-order chi connectivity index (χ1) is 14.2. The van der Waals surface area contributed by atoms with Crippen molar-refractivity contribution in [2.45, 2.75) is 6.42 Å². The third kappa shape index (κ3) is 3.38. The van der Waals surface area contributed by atoms with Crippen LogP contribution >= 0.6 is 0 Å². The molecule has 0 saturated carbocycles. The molecule has 2 aliphatic rings. The van der Waals surface area contributed by atoms with Crippen molar-refractivity contribution in [3.05, 3.63) is 66.1 Å². The molecule has 7 nitrogen and oxygen atoms in total. The summed E-state index contributed by atoms with van der Waals surface area (Å²) in [5.41, 5.74) is 3.77. The second-order valence-corrected chi connectivity index (χ2v) is 7.60. The fourth-order valence-corrected chi connectivity index (χ4v) is 4.21. The summed E-state index contributed by atoms with van der Waals surface area (Å²) in [4.78, 5) is 35.8. The van der Waals surface area contributed by atoms with Crippen LogP contribution in [0.3, 0.4) is 0 Å². The van der Waals surface area contributed by atoms with E-state index in [2.05, 4.69) is 16.0 Å². The highest BCUT2D eigenvalue weighted by molar-refractivity contribution is 5.97. The van der Waals surface area contributed by atoms with Crippen LogP contribution in [0.15, 0.2) is 55.0 Å². The fraction of sp³-hybridized carbons (Fsp3) is 0.318. The summed E-state index contributed by atoms with van der Waals surface area (Å²) in [5.74, 6) is 0.167. The van der Waals surface area contributed by atoms with Gasteiger partial charge >= 0.3 is 0 Å². The van der Waals surface area contributed by atoms with Gasteiger partial charge in [-0.05, 0) is 30.2 Å². The zero-order chi connectivity index (χ0) is 19.8. The fourth-order valence-electron chi connectivity index (χ4n) is 4.21. The van der Waals surface area contributed by atoms with Crippen molar-refractivity contribution in [3.63, 3.8) is 0 Å². The van der Waals surface area contributed by atoms with Gasteiger partial charge in [-0.3, -0.25) is 14.5 Å². The number of pyridine rings is 1. The lowest BCUT2D eigenvalue weighted by Crippen LogP contribution is -2.51. The molecule has 0 aliphatic carbocycles. The summed E-state index contributed by atoms with van der Waals surface area (Å²) in [6.45, 7) is 3.83. The molecular formula is C22H23N5O2. The number of piperazine rings is 1. The maximum absolute atomic E-state index is 12.8. The highest BCUT2D eigenvalue weighted by Crippen LogP contribution is 2.27.